The molecule has 1 fully saturated rings. The van der Waals surface area contributed by atoms with Crippen LogP contribution in [0.15, 0.2) is 53.1 Å². The first-order chi connectivity index (χ1) is 14.3. The first kappa shape index (κ1) is 22.0. The second-order valence-electron chi connectivity index (χ2n) is 7.23. The first-order valence-corrected chi connectivity index (χ1v) is 10.1. The Morgan fingerprint density at radius 1 is 1.10 bits per heavy atom. The molecule has 160 valence electrons. The third-order valence-corrected chi connectivity index (χ3v) is 5.47. The first-order valence-electron chi connectivity index (χ1n) is 10.1. The summed E-state index contributed by atoms with van der Waals surface area (Å²) >= 11 is 0. The molecule has 1 aliphatic heterocycles. The molecule has 1 atom stereocenters. The van der Waals surface area contributed by atoms with Gasteiger partial charge in [0.25, 0.3) is 5.91 Å². The number of hydrogen-bond acceptors (Lipinski definition) is 6. The lowest BCUT2D eigenvalue weighted by molar-refractivity contribution is 0.0521. The molecule has 1 aliphatic rings. The Morgan fingerprint density at radius 3 is 2.53 bits per heavy atom. The number of amides is 1. The number of carbonyl (C=O) groups excluding carboxylic acids is 1. The van der Waals surface area contributed by atoms with Crippen LogP contribution in [0.4, 0.5) is 0 Å². The van der Waals surface area contributed by atoms with Gasteiger partial charge in [0.2, 0.25) is 0 Å². The van der Waals surface area contributed by atoms with Gasteiger partial charge in [-0.1, -0.05) is 37.3 Å². The Labute approximate surface area is 182 Å². The van der Waals surface area contributed by atoms with E-state index in [-0.39, 0.29) is 24.4 Å². The molecule has 8 nitrogen and oxygen atoms in total. The monoisotopic (exact) mass is 430 g/mol. The molecule has 3 aromatic rings. The van der Waals surface area contributed by atoms with Gasteiger partial charge in [-0.15, -0.1) is 17.5 Å². The van der Waals surface area contributed by atoms with E-state index in [2.05, 4.69) is 39.5 Å². The van der Waals surface area contributed by atoms with Crippen LogP contribution in [-0.2, 0) is 13.0 Å². The Morgan fingerprint density at radius 2 is 1.87 bits per heavy atom. The number of aryl methyl sites for hydroxylation is 2. The highest BCUT2D eigenvalue weighted by molar-refractivity contribution is 5.91. The largest absolute Gasteiger partial charge is 0.459 e. The summed E-state index contributed by atoms with van der Waals surface area (Å²) in [5.41, 5.74) is 1.27. The number of benzene rings is 1. The zero-order valence-corrected chi connectivity index (χ0v) is 17.9. The fraction of sp³-hybridized carbons (Fsp3) is 0.429. The number of furan rings is 1. The molecule has 1 saturated heterocycles. The van der Waals surface area contributed by atoms with Crippen molar-refractivity contribution < 1.29 is 9.21 Å². The lowest BCUT2D eigenvalue weighted by Gasteiger charge is -2.38. The summed E-state index contributed by atoms with van der Waals surface area (Å²) in [7, 11) is 0. The average molecular weight is 431 g/mol. The molecule has 0 radical (unpaired) electrons. The van der Waals surface area contributed by atoms with Gasteiger partial charge in [-0.3, -0.25) is 9.69 Å². The van der Waals surface area contributed by atoms with E-state index in [0.29, 0.717) is 18.8 Å². The van der Waals surface area contributed by atoms with Gasteiger partial charge in [0.15, 0.2) is 11.6 Å². The molecule has 0 bridgehead atoms. The van der Waals surface area contributed by atoms with E-state index in [1.807, 2.05) is 27.8 Å². The van der Waals surface area contributed by atoms with Gasteiger partial charge in [0.1, 0.15) is 0 Å². The minimum atomic E-state index is -0.0459. The Hall–Kier alpha value is -2.71. The van der Waals surface area contributed by atoms with Gasteiger partial charge >= 0.3 is 0 Å². The van der Waals surface area contributed by atoms with Gasteiger partial charge < -0.3 is 9.32 Å². The minimum absolute atomic E-state index is 0. The maximum atomic E-state index is 12.5. The predicted octanol–water partition coefficient (Wildman–Crippen LogP) is 2.84. The topological polar surface area (TPSA) is 80.3 Å². The van der Waals surface area contributed by atoms with Crippen molar-refractivity contribution in [3.05, 3.63) is 65.9 Å². The van der Waals surface area contributed by atoms with Crippen LogP contribution in [0.25, 0.3) is 0 Å². The maximum Gasteiger partial charge on any atom is 0.289 e. The highest BCUT2D eigenvalue weighted by Crippen LogP contribution is 2.24. The second kappa shape index (κ2) is 10.4. The maximum absolute atomic E-state index is 12.5. The minimum Gasteiger partial charge on any atom is -0.459 e. The van der Waals surface area contributed by atoms with E-state index in [9.17, 15) is 4.79 Å². The average Bonchev–Trinajstić information content (AvgIpc) is 3.46. The van der Waals surface area contributed by atoms with Crippen LogP contribution in [0.1, 0.15) is 41.3 Å². The highest BCUT2D eigenvalue weighted by atomic mass is 35.5. The van der Waals surface area contributed by atoms with Crippen LogP contribution in [0, 0.1) is 0 Å². The third kappa shape index (κ3) is 4.88. The van der Waals surface area contributed by atoms with Crippen LogP contribution >= 0.6 is 12.4 Å². The van der Waals surface area contributed by atoms with Crippen LogP contribution in [0.3, 0.4) is 0 Å². The summed E-state index contributed by atoms with van der Waals surface area (Å²) < 4.78 is 7.17. The lowest BCUT2D eigenvalue weighted by atomic mass is 10.1. The summed E-state index contributed by atoms with van der Waals surface area (Å²) in [4.78, 5) is 16.7. The van der Waals surface area contributed by atoms with E-state index in [0.717, 1.165) is 38.3 Å². The molecule has 1 aromatic carbocycles. The summed E-state index contributed by atoms with van der Waals surface area (Å²) in [6.45, 7) is 5.82. The molecule has 3 heterocycles. The predicted molar refractivity (Wildman–Crippen MR) is 114 cm³/mol. The van der Waals surface area contributed by atoms with Crippen LogP contribution in [0.2, 0.25) is 0 Å². The molecule has 1 unspecified atom stereocenters. The quantitative estimate of drug-likeness (QED) is 0.573. The Kier molecular flexibility index (Phi) is 7.59. The van der Waals surface area contributed by atoms with Crippen molar-refractivity contribution >= 4 is 18.3 Å². The molecular weight excluding hydrogens is 404 g/mol. The normalized spacial score (nSPS) is 15.6. The molecule has 0 spiro atoms. The molecule has 2 aromatic heterocycles. The number of halogens is 1. The van der Waals surface area contributed by atoms with Gasteiger partial charge in [-0.05, 0) is 41.0 Å². The fourth-order valence-corrected chi connectivity index (χ4v) is 3.89. The van der Waals surface area contributed by atoms with Crippen molar-refractivity contribution in [1.29, 1.82) is 0 Å². The summed E-state index contributed by atoms with van der Waals surface area (Å²) in [5.74, 6) is 1.25. The SMILES string of the molecule is CCC(c1nnnn1CCc1ccccc1)N1CCN(C(=O)c2ccco2)CC1.Cl. The van der Waals surface area contributed by atoms with Crippen molar-refractivity contribution in [2.24, 2.45) is 0 Å². The lowest BCUT2D eigenvalue weighted by Crippen LogP contribution is -2.50. The second-order valence-corrected chi connectivity index (χ2v) is 7.23. The molecule has 0 saturated carbocycles. The molecule has 9 heteroatoms. The zero-order valence-electron chi connectivity index (χ0n) is 17.1. The van der Waals surface area contributed by atoms with Gasteiger partial charge in [-0.25, -0.2) is 4.68 Å². The van der Waals surface area contributed by atoms with Crippen molar-refractivity contribution in [3.8, 4) is 0 Å². The van der Waals surface area contributed by atoms with Crippen molar-refractivity contribution in [2.45, 2.75) is 32.4 Å². The number of rotatable bonds is 7. The van der Waals surface area contributed by atoms with E-state index in [4.69, 9.17) is 4.42 Å². The molecule has 1 amide bonds. The molecule has 0 N–H and O–H groups in total. The molecular formula is C21H27ClN6O2. The van der Waals surface area contributed by atoms with Crippen molar-refractivity contribution in [3.63, 3.8) is 0 Å². The molecule has 4 rings (SSSR count). The third-order valence-electron chi connectivity index (χ3n) is 5.47. The Balaban J connectivity index is 0.00000256. The van der Waals surface area contributed by atoms with Gasteiger partial charge in [0, 0.05) is 32.7 Å². The number of hydrogen-bond donors (Lipinski definition) is 0. The standard InChI is InChI=1S/C21H26N6O2.ClH/c1-2-18(20-22-23-24-27(20)11-10-17-7-4-3-5-8-17)25-12-14-26(15-13-25)21(28)19-9-6-16-29-19;/h3-9,16,18H,2,10-15H2,1H3;1H. The van der Waals surface area contributed by atoms with E-state index in [1.54, 1.807) is 12.1 Å². The van der Waals surface area contributed by atoms with Gasteiger partial charge in [0.05, 0.1) is 12.3 Å². The molecule has 30 heavy (non-hydrogen) atoms. The van der Waals surface area contributed by atoms with Crippen molar-refractivity contribution in [1.82, 2.24) is 30.0 Å². The summed E-state index contributed by atoms with van der Waals surface area (Å²) in [6.07, 6.45) is 3.34. The number of carbonyl (C=O) groups is 1. The van der Waals surface area contributed by atoms with Gasteiger partial charge in [-0.2, -0.15) is 0 Å². The van der Waals surface area contributed by atoms with Crippen LogP contribution in [-0.4, -0.2) is 62.1 Å². The summed E-state index contributed by atoms with van der Waals surface area (Å²) in [5, 5.41) is 12.5. The van der Waals surface area contributed by atoms with Crippen molar-refractivity contribution in [2.75, 3.05) is 26.2 Å². The number of nitrogens with zero attached hydrogens (tertiary/aromatic N) is 6. The Bertz CT molecular complexity index is 907. The number of tetrazole rings is 1. The van der Waals surface area contributed by atoms with E-state index in [1.165, 1.54) is 11.8 Å². The van der Waals surface area contributed by atoms with E-state index >= 15 is 0 Å². The number of aromatic nitrogens is 4. The van der Waals surface area contributed by atoms with Crippen LogP contribution < -0.4 is 0 Å². The number of piperazine rings is 1. The highest BCUT2D eigenvalue weighted by Gasteiger charge is 2.30. The van der Waals surface area contributed by atoms with E-state index < -0.39 is 0 Å². The van der Waals surface area contributed by atoms with Crippen LogP contribution in [0.5, 0.6) is 0 Å². The smallest absolute Gasteiger partial charge is 0.289 e. The molecule has 0 aliphatic carbocycles. The summed E-state index contributed by atoms with van der Waals surface area (Å²) in [6, 6.07) is 14.0. The fourth-order valence-electron chi connectivity index (χ4n) is 3.89. The zero-order chi connectivity index (χ0) is 20.1.